The van der Waals surface area contributed by atoms with E-state index in [0.717, 1.165) is 15.9 Å². The molecule has 0 saturated carbocycles. The fraction of sp³-hybridized carbons (Fsp3) is 0.421. The lowest BCUT2D eigenvalue weighted by molar-refractivity contribution is -0.141. The predicted molar refractivity (Wildman–Crippen MR) is 111 cm³/mol. The van der Waals surface area contributed by atoms with E-state index in [1.807, 2.05) is 13.8 Å². The number of pyridine rings is 1. The molecule has 2 aromatic rings. The molecular formula is C19H25ClN6O4. The maximum atomic E-state index is 12.8. The van der Waals surface area contributed by atoms with Crippen LogP contribution in [0.15, 0.2) is 24.5 Å². The lowest BCUT2D eigenvalue weighted by Gasteiger charge is -2.26. The summed E-state index contributed by atoms with van der Waals surface area (Å²) in [7, 11) is 0. The molecule has 0 unspecified atom stereocenters. The Bertz CT molecular complexity index is 896. The first-order valence-corrected chi connectivity index (χ1v) is 9.93. The summed E-state index contributed by atoms with van der Waals surface area (Å²) >= 11 is 5.57. The van der Waals surface area contributed by atoms with Crippen molar-refractivity contribution in [3.63, 3.8) is 0 Å². The zero-order valence-electron chi connectivity index (χ0n) is 16.8. The molecule has 0 aliphatic carbocycles. The highest BCUT2D eigenvalue weighted by Gasteiger charge is 2.26. The van der Waals surface area contributed by atoms with Crippen molar-refractivity contribution >= 4 is 46.1 Å². The minimum Gasteiger partial charge on any atom is -0.370 e. The van der Waals surface area contributed by atoms with Gasteiger partial charge in [0.15, 0.2) is 0 Å². The fourth-order valence-corrected chi connectivity index (χ4v) is 2.93. The van der Waals surface area contributed by atoms with Gasteiger partial charge >= 0.3 is 0 Å². The number of alkyl halides is 1. The Hall–Kier alpha value is -3.14. The Labute approximate surface area is 178 Å². The number of hydrogen-bond donors (Lipinski definition) is 4. The molecule has 0 bridgehead atoms. The number of nitrogens with one attached hydrogen (secondary N) is 3. The first-order valence-electron chi connectivity index (χ1n) is 9.40. The van der Waals surface area contributed by atoms with Crippen LogP contribution in [-0.2, 0) is 14.4 Å². The van der Waals surface area contributed by atoms with E-state index >= 15 is 0 Å². The summed E-state index contributed by atoms with van der Waals surface area (Å²) in [4.78, 5) is 55.5. The number of aromatic amines is 1. The zero-order chi connectivity index (χ0) is 22.3. The average molecular weight is 437 g/mol. The number of nitrogens with two attached hydrogens (primary N) is 1. The highest BCUT2D eigenvalue weighted by molar-refractivity contribution is 6.27. The second-order valence-corrected chi connectivity index (χ2v) is 7.44. The van der Waals surface area contributed by atoms with Gasteiger partial charge in [-0.1, -0.05) is 13.8 Å². The van der Waals surface area contributed by atoms with Crippen molar-refractivity contribution in [1.82, 2.24) is 25.7 Å². The van der Waals surface area contributed by atoms with E-state index in [9.17, 15) is 19.2 Å². The van der Waals surface area contributed by atoms with Crippen LogP contribution < -0.4 is 16.5 Å². The number of halogens is 1. The molecule has 0 aliphatic rings. The number of primary amides is 1. The SMILES string of the molecule is CC(C)C[C@H](NC(=O)c1cc2cnccc2[nH]1)C(=O)NN(CCC(N)=O)C(=O)CCl. The Balaban J connectivity index is 2.13. The molecule has 2 aromatic heterocycles. The number of carbonyl (C=O) groups is 4. The highest BCUT2D eigenvalue weighted by atomic mass is 35.5. The van der Waals surface area contributed by atoms with Crippen LogP contribution in [0.5, 0.6) is 0 Å². The van der Waals surface area contributed by atoms with Gasteiger partial charge in [-0.05, 0) is 24.5 Å². The number of hydrazine groups is 1. The predicted octanol–water partition coefficient (Wildman–Crippen LogP) is 0.681. The van der Waals surface area contributed by atoms with Gasteiger partial charge in [-0.3, -0.25) is 34.6 Å². The number of aromatic nitrogens is 2. The molecule has 2 rings (SSSR count). The van der Waals surface area contributed by atoms with Crippen LogP contribution in [0.25, 0.3) is 10.9 Å². The van der Waals surface area contributed by atoms with Crippen molar-refractivity contribution < 1.29 is 19.2 Å². The van der Waals surface area contributed by atoms with E-state index in [0.29, 0.717) is 6.42 Å². The summed E-state index contributed by atoms with van der Waals surface area (Å²) in [5, 5.41) is 4.39. The van der Waals surface area contributed by atoms with Crippen LogP contribution in [0, 0.1) is 5.92 Å². The van der Waals surface area contributed by atoms with Crippen LogP contribution in [0.3, 0.4) is 0 Å². The van der Waals surface area contributed by atoms with Crippen molar-refractivity contribution in [2.45, 2.75) is 32.7 Å². The Morgan fingerprint density at radius 1 is 1.30 bits per heavy atom. The molecule has 30 heavy (non-hydrogen) atoms. The van der Waals surface area contributed by atoms with Gasteiger partial charge in [0, 0.05) is 29.7 Å². The summed E-state index contributed by atoms with van der Waals surface area (Å²) in [6.07, 6.45) is 3.41. The molecule has 0 aromatic carbocycles. The maximum absolute atomic E-state index is 12.8. The monoisotopic (exact) mass is 436 g/mol. The number of amides is 4. The lowest BCUT2D eigenvalue weighted by atomic mass is 10.0. The molecule has 0 saturated heterocycles. The molecule has 0 spiro atoms. The average Bonchev–Trinajstić information content (AvgIpc) is 3.13. The Kier molecular flexibility index (Phi) is 8.16. The van der Waals surface area contributed by atoms with Gasteiger partial charge in [-0.25, -0.2) is 0 Å². The standard InChI is InChI=1S/C19H25ClN6O4/c1-11(2)7-14(19(30)25-26(17(28)9-20)6-4-16(21)27)24-18(29)15-8-12-10-22-5-3-13(12)23-15/h3,5,8,10-11,14,23H,4,6-7,9H2,1-2H3,(H2,21,27)(H,24,29)(H,25,30)/t14-/m0/s1. The second kappa shape index (κ2) is 10.6. The molecule has 0 radical (unpaired) electrons. The number of rotatable bonds is 9. The van der Waals surface area contributed by atoms with E-state index in [4.69, 9.17) is 17.3 Å². The van der Waals surface area contributed by atoms with Crippen LogP contribution >= 0.6 is 11.6 Å². The zero-order valence-corrected chi connectivity index (χ0v) is 17.5. The second-order valence-electron chi connectivity index (χ2n) is 7.17. The quantitative estimate of drug-likeness (QED) is 0.336. The molecule has 4 amide bonds. The summed E-state index contributed by atoms with van der Waals surface area (Å²) in [5.74, 6) is -2.60. The Morgan fingerprint density at radius 2 is 2.03 bits per heavy atom. The molecule has 0 aliphatic heterocycles. The largest absolute Gasteiger partial charge is 0.370 e. The van der Waals surface area contributed by atoms with Crippen molar-refractivity contribution in [3.8, 4) is 0 Å². The van der Waals surface area contributed by atoms with Gasteiger partial charge in [0.25, 0.3) is 17.7 Å². The number of fused-ring (bicyclic) bond motifs is 1. The van der Waals surface area contributed by atoms with E-state index in [1.165, 1.54) is 0 Å². The third-order valence-corrected chi connectivity index (χ3v) is 4.47. The third kappa shape index (κ3) is 6.45. The first-order chi connectivity index (χ1) is 14.2. The van der Waals surface area contributed by atoms with E-state index in [-0.39, 0.29) is 30.5 Å². The smallest absolute Gasteiger partial charge is 0.268 e. The number of carbonyl (C=O) groups excluding carboxylic acids is 4. The molecule has 0 fully saturated rings. The topological polar surface area (TPSA) is 150 Å². The van der Waals surface area contributed by atoms with E-state index < -0.39 is 29.7 Å². The molecule has 5 N–H and O–H groups in total. The van der Waals surface area contributed by atoms with Gasteiger partial charge in [0.1, 0.15) is 17.6 Å². The van der Waals surface area contributed by atoms with Crippen molar-refractivity contribution in [3.05, 3.63) is 30.2 Å². The Morgan fingerprint density at radius 3 is 2.63 bits per heavy atom. The summed E-state index contributed by atoms with van der Waals surface area (Å²) in [5.41, 5.74) is 8.56. The summed E-state index contributed by atoms with van der Waals surface area (Å²) in [6.45, 7) is 3.68. The third-order valence-electron chi connectivity index (χ3n) is 4.24. The van der Waals surface area contributed by atoms with E-state index in [2.05, 4.69) is 20.7 Å². The van der Waals surface area contributed by atoms with Crippen molar-refractivity contribution in [1.29, 1.82) is 0 Å². The minimum absolute atomic E-state index is 0.0794. The highest BCUT2D eigenvalue weighted by Crippen LogP contribution is 2.14. The normalized spacial score (nSPS) is 11.9. The lowest BCUT2D eigenvalue weighted by Crippen LogP contribution is -2.55. The molecule has 1 atom stereocenters. The van der Waals surface area contributed by atoms with Gasteiger partial charge in [-0.15, -0.1) is 11.6 Å². The van der Waals surface area contributed by atoms with Crippen LogP contribution in [0.2, 0.25) is 0 Å². The van der Waals surface area contributed by atoms with Gasteiger partial charge in [-0.2, -0.15) is 0 Å². The van der Waals surface area contributed by atoms with Gasteiger partial charge in [0.2, 0.25) is 5.91 Å². The number of nitrogens with zero attached hydrogens (tertiary/aromatic N) is 2. The number of H-pyrrole nitrogens is 1. The maximum Gasteiger partial charge on any atom is 0.268 e. The summed E-state index contributed by atoms with van der Waals surface area (Å²) in [6, 6.07) is 2.46. The first kappa shape index (κ1) is 23.1. The summed E-state index contributed by atoms with van der Waals surface area (Å²) < 4.78 is 0. The van der Waals surface area contributed by atoms with Gasteiger partial charge < -0.3 is 16.0 Å². The molecule has 11 heteroatoms. The van der Waals surface area contributed by atoms with E-state index in [1.54, 1.807) is 24.5 Å². The molecule has 162 valence electrons. The van der Waals surface area contributed by atoms with Crippen LogP contribution in [0.1, 0.15) is 37.2 Å². The van der Waals surface area contributed by atoms with Gasteiger partial charge in [0.05, 0.1) is 6.54 Å². The molecule has 2 heterocycles. The van der Waals surface area contributed by atoms with Crippen LogP contribution in [0.4, 0.5) is 0 Å². The van der Waals surface area contributed by atoms with Crippen LogP contribution in [-0.4, -0.2) is 57.1 Å². The van der Waals surface area contributed by atoms with Crippen molar-refractivity contribution in [2.24, 2.45) is 11.7 Å². The molecular weight excluding hydrogens is 412 g/mol. The fourth-order valence-electron chi connectivity index (χ4n) is 2.78. The molecule has 10 nitrogen and oxygen atoms in total. The minimum atomic E-state index is -0.916. The number of hydrogen-bond acceptors (Lipinski definition) is 5. The van der Waals surface area contributed by atoms with Crippen molar-refractivity contribution in [2.75, 3.05) is 12.4 Å².